The first kappa shape index (κ1) is 52.0. The number of hydrogen-bond acceptors (Lipinski definition) is 18. The summed E-state index contributed by atoms with van der Waals surface area (Å²) in [5.41, 5.74) is -1.32. The first-order valence-electron chi connectivity index (χ1n) is 21.3. The SMILES string of the molecule is CCC(=O)O[C@@H]1CC(=O)NCCN(C)C[C@H](OC(C)=O)[C@H](C)C[C@H](CC=O)[C@H](O[C@@H]2OC(C)[C@@H](O[C@H]3CC(C)(OC(C)=O)[C@@H](OC(=O)CC)C(C)O3)C(N(C)C)C2O)[C@H]1OC. The summed E-state index contributed by atoms with van der Waals surface area (Å²) in [5.74, 6) is -3.60. The molecule has 15 atom stereocenters. The van der Waals surface area contributed by atoms with Crippen LogP contribution in [-0.4, -0.2) is 178 Å². The largest absolute Gasteiger partial charge is 0.461 e. The average Bonchev–Trinajstić information content (AvgIpc) is 3.16. The van der Waals surface area contributed by atoms with Gasteiger partial charge in [0.15, 0.2) is 24.3 Å². The molecule has 0 bridgehead atoms. The lowest BCUT2D eigenvalue weighted by molar-refractivity contribution is -0.344. The maximum atomic E-state index is 13.4. The van der Waals surface area contributed by atoms with Gasteiger partial charge in [-0.15, -0.1) is 0 Å². The van der Waals surface area contributed by atoms with E-state index in [0.29, 0.717) is 13.1 Å². The maximum Gasteiger partial charge on any atom is 0.306 e. The second-order valence-corrected chi connectivity index (χ2v) is 16.9. The van der Waals surface area contributed by atoms with Gasteiger partial charge in [0.05, 0.1) is 30.8 Å². The van der Waals surface area contributed by atoms with Crippen molar-refractivity contribution in [3.05, 3.63) is 0 Å². The zero-order chi connectivity index (χ0) is 45.8. The zero-order valence-electron chi connectivity index (χ0n) is 38.0. The third-order valence-electron chi connectivity index (χ3n) is 11.6. The number of ether oxygens (including phenoxy) is 9. The molecular formula is C42H71N3O16. The smallest absolute Gasteiger partial charge is 0.306 e. The van der Waals surface area contributed by atoms with Gasteiger partial charge in [-0.1, -0.05) is 20.8 Å². The van der Waals surface area contributed by atoms with E-state index in [1.807, 2.05) is 18.9 Å². The van der Waals surface area contributed by atoms with Crippen LogP contribution in [0.1, 0.15) is 93.9 Å². The van der Waals surface area contributed by atoms with Crippen molar-refractivity contribution in [2.75, 3.05) is 47.9 Å². The summed E-state index contributed by atoms with van der Waals surface area (Å²) in [7, 11) is 6.70. The Hall–Kier alpha value is -3.30. The number of hydrogen-bond donors (Lipinski definition) is 2. The second-order valence-electron chi connectivity index (χ2n) is 16.9. The molecule has 0 aliphatic carbocycles. The van der Waals surface area contributed by atoms with Gasteiger partial charge < -0.3 is 67.6 Å². The molecule has 3 aliphatic heterocycles. The van der Waals surface area contributed by atoms with Gasteiger partial charge in [0, 0.05) is 66.3 Å². The molecule has 0 saturated carbocycles. The Bertz CT molecular complexity index is 1470. The van der Waals surface area contributed by atoms with Gasteiger partial charge in [-0.25, -0.2) is 0 Å². The highest BCUT2D eigenvalue weighted by Crippen LogP contribution is 2.39. The molecule has 3 rings (SSSR count). The number of methoxy groups -OCH3 is 1. The van der Waals surface area contributed by atoms with E-state index in [2.05, 4.69) is 5.32 Å². The molecule has 3 fully saturated rings. The molecule has 350 valence electrons. The fourth-order valence-electron chi connectivity index (χ4n) is 8.63. The summed E-state index contributed by atoms with van der Waals surface area (Å²) >= 11 is 0. The third kappa shape index (κ3) is 14.6. The molecule has 0 aromatic carbocycles. The normalized spacial score (nSPS) is 37.1. The van der Waals surface area contributed by atoms with Crippen molar-refractivity contribution in [3.63, 3.8) is 0 Å². The molecule has 19 nitrogen and oxygen atoms in total. The molecular weight excluding hydrogens is 802 g/mol. The molecule has 0 radical (unpaired) electrons. The van der Waals surface area contributed by atoms with Crippen LogP contribution in [0, 0.1) is 11.8 Å². The van der Waals surface area contributed by atoms with E-state index < -0.39 is 115 Å². The molecule has 61 heavy (non-hydrogen) atoms. The van der Waals surface area contributed by atoms with Crippen LogP contribution >= 0.6 is 0 Å². The average molecular weight is 874 g/mol. The Balaban J connectivity index is 2.05. The van der Waals surface area contributed by atoms with Crippen molar-refractivity contribution < 1.29 is 76.5 Å². The van der Waals surface area contributed by atoms with Gasteiger partial charge in [0.1, 0.15) is 36.8 Å². The minimum atomic E-state index is -1.42. The molecule has 3 saturated heterocycles. The van der Waals surface area contributed by atoms with Crippen molar-refractivity contribution in [3.8, 4) is 0 Å². The molecule has 0 aromatic heterocycles. The number of aldehydes is 1. The number of nitrogens with one attached hydrogen (secondary N) is 1. The minimum Gasteiger partial charge on any atom is -0.461 e. The van der Waals surface area contributed by atoms with Gasteiger partial charge >= 0.3 is 23.9 Å². The summed E-state index contributed by atoms with van der Waals surface area (Å²) < 4.78 is 55.1. The number of carbonyl (C=O) groups is 6. The fraction of sp³-hybridized carbons (Fsp3) is 0.857. The topological polar surface area (TPSA) is 224 Å². The van der Waals surface area contributed by atoms with Crippen LogP contribution in [0.25, 0.3) is 0 Å². The van der Waals surface area contributed by atoms with Crippen LogP contribution in [-0.2, 0) is 71.4 Å². The van der Waals surface area contributed by atoms with Crippen molar-refractivity contribution in [1.29, 1.82) is 0 Å². The summed E-state index contributed by atoms with van der Waals surface area (Å²) in [6.07, 6.45) is -10.5. The predicted molar refractivity (Wildman–Crippen MR) is 216 cm³/mol. The number of carbonyl (C=O) groups excluding carboxylic acids is 6. The van der Waals surface area contributed by atoms with Crippen LogP contribution in [0.15, 0.2) is 0 Å². The second kappa shape index (κ2) is 24.0. The molecule has 3 heterocycles. The van der Waals surface area contributed by atoms with Crippen LogP contribution in [0.2, 0.25) is 0 Å². The van der Waals surface area contributed by atoms with E-state index in [1.54, 1.807) is 53.6 Å². The van der Waals surface area contributed by atoms with E-state index >= 15 is 0 Å². The third-order valence-corrected chi connectivity index (χ3v) is 11.6. The molecule has 1 amide bonds. The van der Waals surface area contributed by atoms with Crippen LogP contribution < -0.4 is 5.32 Å². The Morgan fingerprint density at radius 3 is 2.16 bits per heavy atom. The van der Waals surface area contributed by atoms with Crippen LogP contribution in [0.3, 0.4) is 0 Å². The van der Waals surface area contributed by atoms with Gasteiger partial charge in [-0.05, 0) is 60.2 Å². The number of aliphatic hydroxyl groups is 1. The summed E-state index contributed by atoms with van der Waals surface area (Å²) in [4.78, 5) is 79.3. The maximum absolute atomic E-state index is 13.4. The van der Waals surface area contributed by atoms with Gasteiger partial charge in [0.25, 0.3) is 0 Å². The molecule has 2 N–H and O–H groups in total. The molecule has 0 spiro atoms. The first-order chi connectivity index (χ1) is 28.7. The standard InChI is InChI=1S/C42H71N3O16/c1-13-32(50)57-29-20-31(49)43-16-17-45(11)22-30(56-26(6)47)23(3)19-28(15-18-46)38(39(29)53-12)60-41-36(52)35(44(9)10)37(24(4)55-41)59-34-21-42(8,61-27(7)48)40(25(5)54-34)58-33(51)14-2/h18,23-25,28-30,34-41,52H,13-17,19-22H2,1-12H3,(H,43,49)/t23-,24?,25?,28+,29-,30+,34+,35?,36?,37-,38+,39+,40+,41+,42?/m1/s1. The van der Waals surface area contributed by atoms with Crippen molar-refractivity contribution in [1.82, 2.24) is 15.1 Å². The Morgan fingerprint density at radius 2 is 1.59 bits per heavy atom. The Morgan fingerprint density at radius 1 is 0.934 bits per heavy atom. The summed E-state index contributed by atoms with van der Waals surface area (Å²) in [6.45, 7) is 13.8. The minimum absolute atomic E-state index is 0.00562. The van der Waals surface area contributed by atoms with Crippen LogP contribution in [0.5, 0.6) is 0 Å². The quantitative estimate of drug-likeness (QED) is 0.143. The number of amides is 1. The lowest BCUT2D eigenvalue weighted by atomic mass is 9.82. The Kier molecular flexibility index (Phi) is 20.4. The number of esters is 4. The molecule has 0 aromatic rings. The lowest BCUT2D eigenvalue weighted by Crippen LogP contribution is -2.66. The molecule has 5 unspecified atom stereocenters. The van der Waals surface area contributed by atoms with E-state index in [-0.39, 0.29) is 51.0 Å². The van der Waals surface area contributed by atoms with Crippen LogP contribution in [0.4, 0.5) is 0 Å². The highest BCUT2D eigenvalue weighted by molar-refractivity contribution is 5.77. The zero-order valence-corrected chi connectivity index (χ0v) is 38.0. The summed E-state index contributed by atoms with van der Waals surface area (Å²) in [6, 6.07) is -0.811. The van der Waals surface area contributed by atoms with Gasteiger partial charge in [-0.3, -0.25) is 24.0 Å². The lowest BCUT2D eigenvalue weighted by Gasteiger charge is -2.50. The fourth-order valence-corrected chi connectivity index (χ4v) is 8.63. The number of likely N-dealkylation sites (N-methyl/N-ethyl adjacent to an activating group) is 2. The Labute approximate surface area is 360 Å². The van der Waals surface area contributed by atoms with Gasteiger partial charge in [0.2, 0.25) is 5.91 Å². The highest BCUT2D eigenvalue weighted by atomic mass is 16.7. The molecule has 19 heteroatoms. The van der Waals surface area contributed by atoms with E-state index in [4.69, 9.17) is 42.6 Å². The predicted octanol–water partition coefficient (Wildman–Crippen LogP) is 1.52. The first-order valence-corrected chi connectivity index (χ1v) is 21.3. The van der Waals surface area contributed by atoms with Crippen molar-refractivity contribution >= 4 is 36.1 Å². The molecule has 3 aliphatic rings. The monoisotopic (exact) mass is 873 g/mol. The number of nitrogens with zero attached hydrogens (tertiary/aromatic N) is 2. The van der Waals surface area contributed by atoms with E-state index in [0.717, 1.165) is 6.29 Å². The number of rotatable bonds is 14. The van der Waals surface area contributed by atoms with E-state index in [9.17, 15) is 33.9 Å². The van der Waals surface area contributed by atoms with E-state index in [1.165, 1.54) is 21.0 Å². The van der Waals surface area contributed by atoms with Crippen molar-refractivity contribution in [2.45, 2.75) is 173 Å². The number of aliphatic hydroxyl groups excluding tert-OH is 1. The highest BCUT2D eigenvalue weighted by Gasteiger charge is 2.54. The van der Waals surface area contributed by atoms with Gasteiger partial charge in [-0.2, -0.15) is 0 Å². The van der Waals surface area contributed by atoms with Crippen molar-refractivity contribution in [2.24, 2.45) is 11.8 Å². The summed E-state index contributed by atoms with van der Waals surface area (Å²) in [5, 5.41) is 15.1.